The van der Waals surface area contributed by atoms with Crippen LogP contribution in [0, 0.1) is 0 Å². The Kier molecular flexibility index (Phi) is 7.01. The number of benzene rings is 2. The van der Waals surface area contributed by atoms with Crippen LogP contribution in [0.15, 0.2) is 41.3 Å². The van der Waals surface area contributed by atoms with Gasteiger partial charge >= 0.3 is 0 Å². The molecule has 0 aliphatic rings. The molecule has 0 unspecified atom stereocenters. The minimum Gasteiger partial charge on any atom is -0.331 e. The maximum Gasteiger partial charge on any atom is 0.243 e. The van der Waals surface area contributed by atoms with E-state index in [4.69, 9.17) is 0 Å². The normalized spacial score (nSPS) is 12.1. The molecule has 4 aromatic rings. The Bertz CT molecular complexity index is 1450. The number of carbonyl (C=O) groups is 1. The molecule has 2 aromatic carbocycles. The van der Waals surface area contributed by atoms with Gasteiger partial charge in [0.15, 0.2) is 5.13 Å². The third-order valence-electron chi connectivity index (χ3n) is 5.97. The van der Waals surface area contributed by atoms with E-state index in [2.05, 4.69) is 34.3 Å². The molecule has 0 saturated heterocycles. The molecule has 8 nitrogen and oxygen atoms in total. The van der Waals surface area contributed by atoms with Crippen molar-refractivity contribution in [1.29, 1.82) is 0 Å². The molecule has 0 bridgehead atoms. The first-order valence-corrected chi connectivity index (χ1v) is 13.7. The Hall–Kier alpha value is -2.82. The van der Waals surface area contributed by atoms with E-state index in [1.807, 2.05) is 31.5 Å². The van der Waals surface area contributed by atoms with Gasteiger partial charge in [-0.25, -0.2) is 18.4 Å². The molecule has 10 heteroatoms. The summed E-state index contributed by atoms with van der Waals surface area (Å²) in [7, 11) is -1.68. The molecule has 4 rings (SSSR count). The summed E-state index contributed by atoms with van der Waals surface area (Å²) in [6.07, 6.45) is 1.63. The van der Waals surface area contributed by atoms with Crippen molar-refractivity contribution in [1.82, 2.24) is 18.8 Å². The van der Waals surface area contributed by atoms with E-state index in [0.717, 1.165) is 28.0 Å². The van der Waals surface area contributed by atoms with Gasteiger partial charge in [-0.2, -0.15) is 4.31 Å². The van der Waals surface area contributed by atoms with Gasteiger partial charge in [0.05, 0.1) is 26.1 Å². The number of thiazole rings is 1. The number of imidazole rings is 1. The maximum atomic E-state index is 12.9. The molecular weight excluding hydrogens is 470 g/mol. The molecule has 180 valence electrons. The van der Waals surface area contributed by atoms with Gasteiger partial charge < -0.3 is 9.88 Å². The van der Waals surface area contributed by atoms with Crippen LogP contribution in [0.4, 0.5) is 5.13 Å². The quantitative estimate of drug-likeness (QED) is 0.369. The average molecular weight is 500 g/mol. The van der Waals surface area contributed by atoms with Crippen LogP contribution in [0.1, 0.15) is 38.6 Å². The maximum absolute atomic E-state index is 12.9. The zero-order valence-electron chi connectivity index (χ0n) is 19.8. The molecule has 0 aliphatic heterocycles. The number of sulfonamides is 1. The van der Waals surface area contributed by atoms with Crippen LogP contribution in [0.3, 0.4) is 0 Å². The Morgan fingerprint density at radius 3 is 2.53 bits per heavy atom. The minimum atomic E-state index is -3.56. The molecule has 2 heterocycles. The lowest BCUT2D eigenvalue weighted by Crippen LogP contribution is -2.30. The van der Waals surface area contributed by atoms with E-state index < -0.39 is 10.0 Å². The zero-order valence-corrected chi connectivity index (χ0v) is 21.5. The number of hydrogen-bond acceptors (Lipinski definition) is 6. The second-order valence-electron chi connectivity index (χ2n) is 8.05. The van der Waals surface area contributed by atoms with Crippen molar-refractivity contribution >= 4 is 53.6 Å². The van der Waals surface area contributed by atoms with Gasteiger partial charge in [-0.1, -0.05) is 38.2 Å². The van der Waals surface area contributed by atoms with Crippen LogP contribution in [-0.2, 0) is 34.7 Å². The minimum absolute atomic E-state index is 0.133. The van der Waals surface area contributed by atoms with Crippen molar-refractivity contribution in [2.45, 2.75) is 44.9 Å². The number of nitrogens with zero attached hydrogens (tertiary/aromatic N) is 4. The summed E-state index contributed by atoms with van der Waals surface area (Å²) in [4.78, 5) is 21.9. The Balaban J connectivity index is 1.48. The first kappa shape index (κ1) is 24.3. The number of anilines is 1. The van der Waals surface area contributed by atoms with Crippen molar-refractivity contribution in [2.75, 3.05) is 18.4 Å². The Morgan fingerprint density at radius 2 is 1.82 bits per heavy atom. The summed E-state index contributed by atoms with van der Waals surface area (Å²) < 4.78 is 30.1. The van der Waals surface area contributed by atoms with E-state index in [-0.39, 0.29) is 17.2 Å². The van der Waals surface area contributed by atoms with E-state index in [0.29, 0.717) is 30.2 Å². The summed E-state index contributed by atoms with van der Waals surface area (Å²) >= 11 is 1.47. The SMILES string of the molecule is CCc1ccc2nc(NC(=O)CCc3nc4cc(S(=O)(=O)N(CC)CC)ccc4n3C)sc2c1. The van der Waals surface area contributed by atoms with Crippen LogP contribution in [0.5, 0.6) is 0 Å². The van der Waals surface area contributed by atoms with Crippen molar-refractivity contribution in [2.24, 2.45) is 7.05 Å². The standard InChI is InChI=1S/C24H29N5O3S2/c1-5-16-8-10-18-21(14-16)33-24(26-18)27-23(30)13-12-22-25-19-15-17(9-11-20(19)28(22)4)34(31,32)29(6-2)7-3/h8-11,14-15H,5-7,12-13H2,1-4H3,(H,26,27,30). The second kappa shape index (κ2) is 9.81. The lowest BCUT2D eigenvalue weighted by atomic mass is 10.2. The summed E-state index contributed by atoms with van der Waals surface area (Å²) in [5, 5.41) is 3.48. The summed E-state index contributed by atoms with van der Waals surface area (Å²) in [5.41, 5.74) is 3.54. The summed E-state index contributed by atoms with van der Waals surface area (Å²) in [6, 6.07) is 11.1. The number of amides is 1. The van der Waals surface area contributed by atoms with Gasteiger partial charge in [-0.05, 0) is 42.3 Å². The molecule has 1 amide bonds. The van der Waals surface area contributed by atoms with Gasteiger partial charge in [-0.3, -0.25) is 4.79 Å². The third kappa shape index (κ3) is 4.70. The molecule has 0 aliphatic carbocycles. The lowest BCUT2D eigenvalue weighted by molar-refractivity contribution is -0.116. The van der Waals surface area contributed by atoms with Gasteiger partial charge in [0.25, 0.3) is 0 Å². The van der Waals surface area contributed by atoms with Crippen molar-refractivity contribution in [3.63, 3.8) is 0 Å². The fourth-order valence-corrected chi connectivity index (χ4v) is 6.40. The predicted octanol–water partition coefficient (Wildman–Crippen LogP) is 4.35. The van der Waals surface area contributed by atoms with E-state index in [1.165, 1.54) is 21.2 Å². The molecular formula is C24H29N5O3S2. The first-order valence-electron chi connectivity index (χ1n) is 11.4. The molecule has 34 heavy (non-hydrogen) atoms. The highest BCUT2D eigenvalue weighted by Crippen LogP contribution is 2.27. The highest BCUT2D eigenvalue weighted by molar-refractivity contribution is 7.89. The monoisotopic (exact) mass is 499 g/mol. The van der Waals surface area contributed by atoms with Gasteiger partial charge in [-0.15, -0.1) is 0 Å². The van der Waals surface area contributed by atoms with Gasteiger partial charge in [0.1, 0.15) is 5.82 Å². The summed E-state index contributed by atoms with van der Waals surface area (Å²) in [6.45, 7) is 6.57. The third-order valence-corrected chi connectivity index (χ3v) is 8.95. The van der Waals surface area contributed by atoms with Crippen LogP contribution in [0.25, 0.3) is 21.3 Å². The highest BCUT2D eigenvalue weighted by Gasteiger charge is 2.23. The number of aryl methyl sites for hydroxylation is 3. The number of fused-ring (bicyclic) bond motifs is 2. The molecule has 2 aromatic heterocycles. The Labute approximate surface area is 203 Å². The smallest absolute Gasteiger partial charge is 0.243 e. The lowest BCUT2D eigenvalue weighted by Gasteiger charge is -2.18. The number of carbonyl (C=O) groups excluding carboxylic acids is 1. The van der Waals surface area contributed by atoms with Crippen molar-refractivity contribution < 1.29 is 13.2 Å². The van der Waals surface area contributed by atoms with Crippen LogP contribution in [-0.4, -0.2) is 46.3 Å². The zero-order chi connectivity index (χ0) is 24.5. The summed E-state index contributed by atoms with van der Waals surface area (Å²) in [5.74, 6) is 0.589. The molecule has 0 atom stereocenters. The van der Waals surface area contributed by atoms with Crippen molar-refractivity contribution in [3.8, 4) is 0 Å². The second-order valence-corrected chi connectivity index (χ2v) is 11.0. The van der Waals surface area contributed by atoms with Crippen LogP contribution in [0.2, 0.25) is 0 Å². The molecule has 0 saturated carbocycles. The van der Waals surface area contributed by atoms with Crippen molar-refractivity contribution in [3.05, 3.63) is 47.8 Å². The topological polar surface area (TPSA) is 97.2 Å². The fourth-order valence-electron chi connectivity index (χ4n) is 3.98. The number of aromatic nitrogens is 3. The molecule has 0 radical (unpaired) electrons. The van der Waals surface area contributed by atoms with E-state index >= 15 is 0 Å². The van der Waals surface area contributed by atoms with Gasteiger partial charge in [0.2, 0.25) is 15.9 Å². The molecule has 0 spiro atoms. The fraction of sp³-hybridized carbons (Fsp3) is 0.375. The molecule has 1 N–H and O–H groups in total. The predicted molar refractivity (Wildman–Crippen MR) is 137 cm³/mol. The van der Waals surface area contributed by atoms with E-state index in [9.17, 15) is 13.2 Å². The molecule has 0 fully saturated rings. The van der Waals surface area contributed by atoms with Crippen LogP contribution < -0.4 is 5.32 Å². The number of rotatable bonds is 9. The average Bonchev–Trinajstić information content (AvgIpc) is 3.37. The van der Waals surface area contributed by atoms with E-state index in [1.54, 1.807) is 18.2 Å². The Morgan fingerprint density at radius 1 is 1.06 bits per heavy atom. The van der Waals surface area contributed by atoms with Crippen LogP contribution >= 0.6 is 11.3 Å². The van der Waals surface area contributed by atoms with Gasteiger partial charge in [0, 0.05) is 33.0 Å². The number of nitrogens with one attached hydrogen (secondary N) is 1. The highest BCUT2D eigenvalue weighted by atomic mass is 32.2. The number of hydrogen-bond donors (Lipinski definition) is 1. The largest absolute Gasteiger partial charge is 0.331 e. The first-order chi connectivity index (χ1) is 16.3.